The molecule has 9 heteroatoms. The first-order chi connectivity index (χ1) is 12.7. The lowest BCUT2D eigenvalue weighted by Gasteiger charge is -2.37. The standard InChI is InChI=1S/C17H19N7OS/c1-12(13-9-15-14(19-10-13)3-2-4-18-15)23-5-7-24(8-6-23)17-22-21-16(26-17)20-11-25/h2-4,9-12H,5-8H2,1H3,(H,20,21,25). The molecule has 0 bridgehead atoms. The van der Waals surface area contributed by atoms with Crippen LogP contribution in [0.25, 0.3) is 11.0 Å². The topological polar surface area (TPSA) is 87.1 Å². The van der Waals surface area contributed by atoms with Gasteiger partial charge in [0.05, 0.1) is 11.0 Å². The molecule has 1 fully saturated rings. The molecular formula is C17H19N7OS. The van der Waals surface area contributed by atoms with Gasteiger partial charge in [0, 0.05) is 44.6 Å². The summed E-state index contributed by atoms with van der Waals surface area (Å²) in [6.45, 7) is 5.81. The lowest BCUT2D eigenvalue weighted by molar-refractivity contribution is -0.105. The summed E-state index contributed by atoms with van der Waals surface area (Å²) in [6.07, 6.45) is 4.37. The van der Waals surface area contributed by atoms with Crippen molar-refractivity contribution in [1.29, 1.82) is 0 Å². The number of piperazine rings is 1. The number of carbonyl (C=O) groups excluding carboxylic acids is 1. The van der Waals surface area contributed by atoms with Crippen LogP contribution in [0.15, 0.2) is 30.6 Å². The van der Waals surface area contributed by atoms with Gasteiger partial charge in [0.25, 0.3) is 0 Å². The van der Waals surface area contributed by atoms with Crippen LogP contribution in [0.5, 0.6) is 0 Å². The highest BCUT2D eigenvalue weighted by molar-refractivity contribution is 7.19. The fraction of sp³-hybridized carbons (Fsp3) is 0.353. The molecule has 26 heavy (non-hydrogen) atoms. The molecular weight excluding hydrogens is 350 g/mol. The van der Waals surface area contributed by atoms with E-state index >= 15 is 0 Å². The third kappa shape index (κ3) is 3.35. The molecule has 1 aliphatic rings. The Labute approximate surface area is 154 Å². The first kappa shape index (κ1) is 16.8. The fourth-order valence-corrected chi connectivity index (χ4v) is 3.92. The van der Waals surface area contributed by atoms with Crippen molar-refractivity contribution in [2.45, 2.75) is 13.0 Å². The molecule has 1 aliphatic heterocycles. The van der Waals surface area contributed by atoms with Crippen molar-refractivity contribution in [1.82, 2.24) is 25.1 Å². The Hall–Kier alpha value is -2.65. The van der Waals surface area contributed by atoms with Gasteiger partial charge >= 0.3 is 0 Å². The van der Waals surface area contributed by atoms with E-state index < -0.39 is 0 Å². The van der Waals surface area contributed by atoms with Gasteiger partial charge < -0.3 is 10.2 Å². The zero-order chi connectivity index (χ0) is 17.9. The summed E-state index contributed by atoms with van der Waals surface area (Å²) in [7, 11) is 0. The SMILES string of the molecule is CC(c1cnc2cccnc2c1)N1CCN(c2nnc(NC=O)s2)CC1. The minimum atomic E-state index is 0.276. The van der Waals surface area contributed by atoms with Crippen LogP contribution in [0.1, 0.15) is 18.5 Å². The van der Waals surface area contributed by atoms with Crippen molar-refractivity contribution in [3.8, 4) is 0 Å². The van der Waals surface area contributed by atoms with Gasteiger partial charge in [-0.05, 0) is 30.7 Å². The van der Waals surface area contributed by atoms with Crippen LogP contribution in [0, 0.1) is 0 Å². The van der Waals surface area contributed by atoms with Gasteiger partial charge in [-0.3, -0.25) is 19.7 Å². The second-order valence-electron chi connectivity index (χ2n) is 6.16. The third-order valence-electron chi connectivity index (χ3n) is 4.68. The second kappa shape index (κ2) is 7.30. The number of hydrogen-bond donors (Lipinski definition) is 1. The predicted octanol–water partition coefficient (Wildman–Crippen LogP) is 1.93. The monoisotopic (exact) mass is 369 g/mol. The molecule has 134 valence electrons. The molecule has 0 radical (unpaired) electrons. The van der Waals surface area contributed by atoms with Gasteiger partial charge in [-0.25, -0.2) is 0 Å². The third-order valence-corrected chi connectivity index (χ3v) is 5.60. The smallest absolute Gasteiger partial charge is 0.213 e. The number of nitrogens with zero attached hydrogens (tertiary/aromatic N) is 6. The van der Waals surface area contributed by atoms with E-state index in [2.05, 4.69) is 48.3 Å². The number of rotatable bonds is 5. The Bertz CT molecular complexity index is 907. The van der Waals surface area contributed by atoms with Gasteiger partial charge in [0.15, 0.2) is 0 Å². The largest absolute Gasteiger partial charge is 0.344 e. The van der Waals surface area contributed by atoms with Crippen LogP contribution in [0.3, 0.4) is 0 Å². The number of carbonyl (C=O) groups is 1. The number of aromatic nitrogens is 4. The number of pyridine rings is 2. The van der Waals surface area contributed by atoms with Crippen LogP contribution in [-0.4, -0.2) is 57.7 Å². The zero-order valence-electron chi connectivity index (χ0n) is 14.4. The van der Waals surface area contributed by atoms with Gasteiger partial charge in [-0.1, -0.05) is 11.3 Å². The molecule has 4 rings (SSSR count). The molecule has 1 saturated heterocycles. The molecule has 1 amide bonds. The molecule has 4 heterocycles. The van der Waals surface area contributed by atoms with Crippen LogP contribution in [-0.2, 0) is 4.79 Å². The van der Waals surface area contributed by atoms with E-state index in [1.54, 1.807) is 6.20 Å². The lowest BCUT2D eigenvalue weighted by atomic mass is 10.1. The van der Waals surface area contributed by atoms with Gasteiger partial charge in [0.2, 0.25) is 16.7 Å². The van der Waals surface area contributed by atoms with Crippen molar-refractivity contribution >= 4 is 39.0 Å². The van der Waals surface area contributed by atoms with Crippen molar-refractivity contribution < 1.29 is 4.79 Å². The Morgan fingerprint density at radius 1 is 1.19 bits per heavy atom. The molecule has 0 aromatic carbocycles. The first-order valence-electron chi connectivity index (χ1n) is 8.48. The predicted molar refractivity (Wildman–Crippen MR) is 101 cm³/mol. The van der Waals surface area contributed by atoms with E-state index in [9.17, 15) is 4.79 Å². The molecule has 1 unspecified atom stereocenters. The number of anilines is 2. The van der Waals surface area contributed by atoms with Crippen molar-refractivity contribution in [2.75, 3.05) is 36.4 Å². The first-order valence-corrected chi connectivity index (χ1v) is 9.29. The van der Waals surface area contributed by atoms with E-state index in [0.717, 1.165) is 42.3 Å². The average Bonchev–Trinajstić information content (AvgIpc) is 3.16. The minimum Gasteiger partial charge on any atom is -0.344 e. The average molecular weight is 369 g/mol. The van der Waals surface area contributed by atoms with Crippen molar-refractivity contribution in [3.05, 3.63) is 36.2 Å². The minimum absolute atomic E-state index is 0.276. The Kier molecular flexibility index (Phi) is 4.72. The highest BCUT2D eigenvalue weighted by Crippen LogP contribution is 2.27. The van der Waals surface area contributed by atoms with E-state index in [-0.39, 0.29) is 6.04 Å². The molecule has 1 N–H and O–H groups in total. The molecule has 3 aromatic heterocycles. The Morgan fingerprint density at radius 2 is 2.04 bits per heavy atom. The van der Waals surface area contributed by atoms with Crippen molar-refractivity contribution in [3.63, 3.8) is 0 Å². The van der Waals surface area contributed by atoms with E-state index in [1.165, 1.54) is 16.9 Å². The molecule has 8 nitrogen and oxygen atoms in total. The normalized spacial score (nSPS) is 16.6. The van der Waals surface area contributed by atoms with E-state index in [1.807, 2.05) is 18.3 Å². The highest BCUT2D eigenvalue weighted by atomic mass is 32.1. The van der Waals surface area contributed by atoms with Gasteiger partial charge in [0.1, 0.15) is 0 Å². The Morgan fingerprint density at radius 3 is 2.85 bits per heavy atom. The summed E-state index contributed by atoms with van der Waals surface area (Å²) >= 11 is 1.40. The number of nitrogens with one attached hydrogen (secondary N) is 1. The molecule has 1 atom stereocenters. The Balaban J connectivity index is 1.42. The van der Waals surface area contributed by atoms with E-state index in [4.69, 9.17) is 0 Å². The van der Waals surface area contributed by atoms with Crippen LogP contribution in [0.4, 0.5) is 10.3 Å². The summed E-state index contributed by atoms with van der Waals surface area (Å²) in [4.78, 5) is 24.1. The van der Waals surface area contributed by atoms with E-state index in [0.29, 0.717) is 11.5 Å². The summed E-state index contributed by atoms with van der Waals surface area (Å²) < 4.78 is 0. The fourth-order valence-electron chi connectivity index (χ4n) is 3.16. The summed E-state index contributed by atoms with van der Waals surface area (Å²) in [5.74, 6) is 0. The molecule has 0 saturated carbocycles. The lowest BCUT2D eigenvalue weighted by Crippen LogP contribution is -2.47. The van der Waals surface area contributed by atoms with Crippen LogP contribution >= 0.6 is 11.3 Å². The van der Waals surface area contributed by atoms with Crippen molar-refractivity contribution in [2.24, 2.45) is 0 Å². The summed E-state index contributed by atoms with van der Waals surface area (Å²) in [5.41, 5.74) is 3.03. The zero-order valence-corrected chi connectivity index (χ0v) is 15.2. The second-order valence-corrected chi connectivity index (χ2v) is 7.12. The molecule has 0 aliphatic carbocycles. The molecule has 3 aromatic rings. The maximum atomic E-state index is 10.5. The van der Waals surface area contributed by atoms with Gasteiger partial charge in [-0.2, -0.15) is 0 Å². The summed E-state index contributed by atoms with van der Waals surface area (Å²) in [6, 6.07) is 6.28. The quantitative estimate of drug-likeness (QED) is 0.688. The number of hydrogen-bond acceptors (Lipinski definition) is 8. The van der Waals surface area contributed by atoms with Crippen LogP contribution < -0.4 is 10.2 Å². The van der Waals surface area contributed by atoms with Crippen LogP contribution in [0.2, 0.25) is 0 Å². The molecule has 0 spiro atoms. The highest BCUT2D eigenvalue weighted by Gasteiger charge is 2.24. The number of amides is 1. The maximum Gasteiger partial charge on any atom is 0.213 e. The summed E-state index contributed by atoms with van der Waals surface area (Å²) in [5, 5.41) is 12.0. The maximum absolute atomic E-state index is 10.5. The number of fused-ring (bicyclic) bond motifs is 1. The van der Waals surface area contributed by atoms with Gasteiger partial charge in [-0.15, -0.1) is 10.2 Å².